The zero-order valence-electron chi connectivity index (χ0n) is 16.5. The molecule has 1 aromatic heterocycles. The molecule has 7 nitrogen and oxygen atoms in total. The molecule has 1 amide bonds. The topological polar surface area (TPSA) is 82.6 Å². The molecule has 0 fully saturated rings. The Bertz CT molecular complexity index is 949. The van der Waals surface area contributed by atoms with Gasteiger partial charge in [0.25, 0.3) is 5.91 Å². The van der Waals surface area contributed by atoms with Crippen LogP contribution in [0.4, 0.5) is 4.39 Å². The minimum atomic E-state index is -0.307. The van der Waals surface area contributed by atoms with E-state index in [1.165, 1.54) is 12.1 Å². The van der Waals surface area contributed by atoms with E-state index in [1.54, 1.807) is 42.5 Å². The third-order valence-electron chi connectivity index (χ3n) is 3.94. The zero-order valence-corrected chi connectivity index (χ0v) is 16.5. The quantitative estimate of drug-likeness (QED) is 0.516. The molecule has 0 unspecified atom stereocenters. The maximum atomic E-state index is 13.0. The molecule has 0 atom stereocenters. The van der Waals surface area contributed by atoms with Gasteiger partial charge in [-0.15, -0.1) is 10.2 Å². The normalized spacial score (nSPS) is 10.3. The van der Waals surface area contributed by atoms with Crippen molar-refractivity contribution in [2.45, 2.75) is 6.92 Å². The molecule has 0 aliphatic rings. The van der Waals surface area contributed by atoms with Crippen LogP contribution in [0.25, 0.3) is 11.3 Å². The van der Waals surface area contributed by atoms with E-state index in [4.69, 9.17) is 14.2 Å². The second-order valence-electron chi connectivity index (χ2n) is 6.16. The van der Waals surface area contributed by atoms with E-state index < -0.39 is 0 Å². The number of benzene rings is 2. The summed E-state index contributed by atoms with van der Waals surface area (Å²) in [5, 5.41) is 10.7. The number of nitrogens with one attached hydrogen (secondary N) is 1. The summed E-state index contributed by atoms with van der Waals surface area (Å²) in [6.07, 6.45) is 0. The first kappa shape index (κ1) is 21.0. The van der Waals surface area contributed by atoms with E-state index in [1.807, 2.05) is 13.0 Å². The lowest BCUT2D eigenvalue weighted by Crippen LogP contribution is -2.32. The molecule has 0 aliphatic carbocycles. The van der Waals surface area contributed by atoms with E-state index in [9.17, 15) is 9.18 Å². The summed E-state index contributed by atoms with van der Waals surface area (Å²) in [7, 11) is 0. The van der Waals surface area contributed by atoms with Crippen LogP contribution in [-0.2, 0) is 4.79 Å². The Balaban J connectivity index is 1.36. The van der Waals surface area contributed by atoms with Crippen LogP contribution in [0.2, 0.25) is 0 Å². The van der Waals surface area contributed by atoms with Crippen molar-refractivity contribution in [3.8, 4) is 28.6 Å². The SMILES string of the molecule is CCOc1cccc(OCC(=O)NCCOc2ccc(-c3ccc(F)cc3)nn2)c1. The number of carbonyl (C=O) groups is 1. The minimum absolute atomic E-state index is 0.109. The number of hydrogen-bond acceptors (Lipinski definition) is 6. The highest BCUT2D eigenvalue weighted by molar-refractivity contribution is 5.77. The molecule has 156 valence electrons. The smallest absolute Gasteiger partial charge is 0.258 e. The maximum absolute atomic E-state index is 13.0. The molecule has 30 heavy (non-hydrogen) atoms. The van der Waals surface area contributed by atoms with E-state index in [2.05, 4.69) is 15.5 Å². The average Bonchev–Trinajstić information content (AvgIpc) is 2.77. The van der Waals surface area contributed by atoms with Gasteiger partial charge in [-0.3, -0.25) is 4.79 Å². The highest BCUT2D eigenvalue weighted by Crippen LogP contribution is 2.19. The van der Waals surface area contributed by atoms with Crippen LogP contribution in [0.5, 0.6) is 17.4 Å². The molecule has 8 heteroatoms. The van der Waals surface area contributed by atoms with Gasteiger partial charge in [-0.2, -0.15) is 0 Å². The second kappa shape index (κ2) is 10.8. The number of halogens is 1. The van der Waals surface area contributed by atoms with Crippen molar-refractivity contribution in [1.82, 2.24) is 15.5 Å². The predicted octanol–water partition coefficient (Wildman–Crippen LogP) is 3.26. The van der Waals surface area contributed by atoms with Crippen LogP contribution >= 0.6 is 0 Å². The van der Waals surface area contributed by atoms with Crippen LogP contribution in [-0.4, -0.2) is 42.5 Å². The van der Waals surface area contributed by atoms with Gasteiger partial charge >= 0.3 is 0 Å². The first-order chi connectivity index (χ1) is 14.6. The third kappa shape index (κ3) is 6.44. The maximum Gasteiger partial charge on any atom is 0.258 e. The largest absolute Gasteiger partial charge is 0.494 e. The first-order valence-electron chi connectivity index (χ1n) is 9.49. The molecule has 0 radical (unpaired) electrons. The summed E-state index contributed by atoms with van der Waals surface area (Å²) in [5.41, 5.74) is 1.37. The molecular formula is C22H22FN3O4. The Kier molecular flexibility index (Phi) is 7.54. The van der Waals surface area contributed by atoms with Crippen molar-refractivity contribution in [3.63, 3.8) is 0 Å². The van der Waals surface area contributed by atoms with Crippen molar-refractivity contribution >= 4 is 5.91 Å². The lowest BCUT2D eigenvalue weighted by molar-refractivity contribution is -0.123. The highest BCUT2D eigenvalue weighted by atomic mass is 19.1. The van der Waals surface area contributed by atoms with E-state index in [-0.39, 0.29) is 24.9 Å². The van der Waals surface area contributed by atoms with Gasteiger partial charge in [0.05, 0.1) is 18.8 Å². The van der Waals surface area contributed by atoms with Gasteiger partial charge in [0.1, 0.15) is 23.9 Å². The van der Waals surface area contributed by atoms with Crippen molar-refractivity contribution in [2.24, 2.45) is 0 Å². The lowest BCUT2D eigenvalue weighted by atomic mass is 10.1. The number of rotatable bonds is 10. The van der Waals surface area contributed by atoms with E-state index in [0.29, 0.717) is 36.2 Å². The molecule has 3 aromatic rings. The zero-order chi connectivity index (χ0) is 21.2. The number of hydrogen-bond donors (Lipinski definition) is 1. The van der Waals surface area contributed by atoms with Gasteiger partial charge in [0, 0.05) is 17.7 Å². The second-order valence-corrected chi connectivity index (χ2v) is 6.16. The number of aromatic nitrogens is 2. The van der Waals surface area contributed by atoms with Gasteiger partial charge in [-0.05, 0) is 49.4 Å². The molecule has 3 rings (SSSR count). The van der Waals surface area contributed by atoms with Crippen LogP contribution < -0.4 is 19.5 Å². The van der Waals surface area contributed by atoms with Crippen LogP contribution in [0.1, 0.15) is 6.92 Å². The summed E-state index contributed by atoms with van der Waals surface area (Å²) in [6.45, 7) is 2.87. The first-order valence-corrected chi connectivity index (χ1v) is 9.49. The Labute approximate surface area is 173 Å². The Hall–Kier alpha value is -3.68. The van der Waals surface area contributed by atoms with Crippen LogP contribution in [0, 0.1) is 5.82 Å². The summed E-state index contributed by atoms with van der Waals surface area (Å²) in [4.78, 5) is 11.9. The third-order valence-corrected chi connectivity index (χ3v) is 3.94. The van der Waals surface area contributed by atoms with Gasteiger partial charge in [-0.25, -0.2) is 4.39 Å². The van der Waals surface area contributed by atoms with Gasteiger partial charge in [0.15, 0.2) is 6.61 Å². The molecule has 0 aliphatic heterocycles. The fraction of sp³-hybridized carbons (Fsp3) is 0.227. The van der Waals surface area contributed by atoms with Crippen molar-refractivity contribution in [2.75, 3.05) is 26.4 Å². The summed E-state index contributed by atoms with van der Waals surface area (Å²) in [5.74, 6) is 1.01. The summed E-state index contributed by atoms with van der Waals surface area (Å²) < 4.78 is 29.3. The van der Waals surface area contributed by atoms with Crippen molar-refractivity contribution < 1.29 is 23.4 Å². The number of carbonyl (C=O) groups excluding carboxylic acids is 1. The fourth-order valence-electron chi connectivity index (χ4n) is 2.54. The Morgan fingerprint density at radius 3 is 2.43 bits per heavy atom. The lowest BCUT2D eigenvalue weighted by Gasteiger charge is -2.09. The number of nitrogens with zero attached hydrogens (tertiary/aromatic N) is 2. The predicted molar refractivity (Wildman–Crippen MR) is 109 cm³/mol. The molecule has 0 saturated carbocycles. The van der Waals surface area contributed by atoms with Crippen LogP contribution in [0.3, 0.4) is 0 Å². The van der Waals surface area contributed by atoms with Crippen LogP contribution in [0.15, 0.2) is 60.7 Å². The van der Waals surface area contributed by atoms with E-state index >= 15 is 0 Å². The molecule has 0 spiro atoms. The van der Waals surface area contributed by atoms with Crippen molar-refractivity contribution in [1.29, 1.82) is 0 Å². The standard InChI is InChI=1S/C22H22FN3O4/c1-2-28-18-4-3-5-19(14-18)30-15-21(27)24-12-13-29-22-11-10-20(25-26-22)16-6-8-17(23)9-7-16/h3-11,14H,2,12-13,15H2,1H3,(H,24,27). The minimum Gasteiger partial charge on any atom is -0.494 e. The Morgan fingerprint density at radius 1 is 0.967 bits per heavy atom. The number of ether oxygens (including phenoxy) is 3. The van der Waals surface area contributed by atoms with Gasteiger partial charge < -0.3 is 19.5 Å². The molecular weight excluding hydrogens is 389 g/mol. The van der Waals surface area contributed by atoms with E-state index in [0.717, 1.165) is 5.56 Å². The summed E-state index contributed by atoms with van der Waals surface area (Å²) in [6, 6.07) is 16.5. The van der Waals surface area contributed by atoms with Gasteiger partial charge in [0.2, 0.25) is 5.88 Å². The van der Waals surface area contributed by atoms with Gasteiger partial charge in [-0.1, -0.05) is 6.07 Å². The molecule has 0 saturated heterocycles. The van der Waals surface area contributed by atoms with Crippen molar-refractivity contribution in [3.05, 3.63) is 66.5 Å². The highest BCUT2D eigenvalue weighted by Gasteiger charge is 2.05. The monoisotopic (exact) mass is 411 g/mol. The molecule has 2 aromatic carbocycles. The average molecular weight is 411 g/mol. The Morgan fingerprint density at radius 2 is 1.73 bits per heavy atom. The molecule has 1 N–H and O–H groups in total. The fourth-order valence-corrected chi connectivity index (χ4v) is 2.54. The molecule has 0 bridgehead atoms. The molecule has 1 heterocycles. The summed E-state index contributed by atoms with van der Waals surface area (Å²) >= 11 is 0. The number of amides is 1.